The van der Waals surface area contributed by atoms with Gasteiger partial charge in [-0.1, -0.05) is 22.0 Å². The van der Waals surface area contributed by atoms with E-state index >= 15 is 0 Å². The van der Waals surface area contributed by atoms with Gasteiger partial charge < -0.3 is 14.6 Å². The van der Waals surface area contributed by atoms with E-state index in [0.29, 0.717) is 19.3 Å². The maximum atomic E-state index is 9.39. The molecule has 0 bridgehead atoms. The highest BCUT2D eigenvalue weighted by Gasteiger charge is 2.19. The second-order valence-corrected chi connectivity index (χ2v) is 5.52. The Balaban J connectivity index is 1.61. The fourth-order valence-electron chi connectivity index (χ4n) is 2.14. The van der Waals surface area contributed by atoms with Gasteiger partial charge in [0.05, 0.1) is 18.8 Å². The van der Waals surface area contributed by atoms with Crippen molar-refractivity contribution < 1.29 is 14.6 Å². The molecular formula is C14H19BrO3. The van der Waals surface area contributed by atoms with Crippen LogP contribution in [0, 0.1) is 0 Å². The van der Waals surface area contributed by atoms with Crippen LogP contribution < -0.4 is 4.74 Å². The first kappa shape index (κ1) is 13.8. The van der Waals surface area contributed by atoms with Crippen LogP contribution in [0.1, 0.15) is 25.7 Å². The molecule has 0 saturated heterocycles. The number of rotatable bonds is 5. The highest BCUT2D eigenvalue weighted by atomic mass is 79.9. The van der Waals surface area contributed by atoms with Crippen LogP contribution in [0.25, 0.3) is 0 Å². The van der Waals surface area contributed by atoms with Crippen molar-refractivity contribution in [3.8, 4) is 5.75 Å². The van der Waals surface area contributed by atoms with Gasteiger partial charge in [-0.2, -0.15) is 0 Å². The molecule has 4 heteroatoms. The Labute approximate surface area is 116 Å². The van der Waals surface area contributed by atoms with Gasteiger partial charge in [0.15, 0.2) is 0 Å². The van der Waals surface area contributed by atoms with Gasteiger partial charge in [0.25, 0.3) is 0 Å². The summed E-state index contributed by atoms with van der Waals surface area (Å²) < 4.78 is 12.3. The van der Waals surface area contributed by atoms with Crippen molar-refractivity contribution in [3.05, 3.63) is 28.7 Å². The zero-order valence-corrected chi connectivity index (χ0v) is 11.9. The van der Waals surface area contributed by atoms with Crippen LogP contribution in [0.15, 0.2) is 28.7 Å². The fourth-order valence-corrected chi connectivity index (χ4v) is 2.52. The number of ether oxygens (including phenoxy) is 2. The molecule has 0 heterocycles. The van der Waals surface area contributed by atoms with E-state index in [1.54, 1.807) is 0 Å². The molecule has 1 aliphatic rings. The van der Waals surface area contributed by atoms with E-state index in [2.05, 4.69) is 15.9 Å². The first-order valence-corrected chi connectivity index (χ1v) is 7.21. The zero-order chi connectivity index (χ0) is 12.8. The Bertz CT molecular complexity index is 362. The summed E-state index contributed by atoms with van der Waals surface area (Å²) in [4.78, 5) is 0. The molecule has 1 N–H and O–H groups in total. The van der Waals surface area contributed by atoms with Gasteiger partial charge in [-0.3, -0.25) is 0 Å². The molecule has 1 aromatic carbocycles. The molecule has 0 radical (unpaired) electrons. The van der Waals surface area contributed by atoms with E-state index < -0.39 is 0 Å². The van der Waals surface area contributed by atoms with Crippen molar-refractivity contribution in [2.45, 2.75) is 37.9 Å². The molecule has 2 rings (SSSR count). The van der Waals surface area contributed by atoms with Gasteiger partial charge in [-0.05, 0) is 43.9 Å². The lowest BCUT2D eigenvalue weighted by atomic mass is 9.95. The maximum absolute atomic E-state index is 9.39. The number of benzene rings is 1. The number of hydrogen-bond acceptors (Lipinski definition) is 3. The molecular weight excluding hydrogens is 296 g/mol. The molecule has 18 heavy (non-hydrogen) atoms. The summed E-state index contributed by atoms with van der Waals surface area (Å²) in [5.74, 6) is 0.854. The molecule has 1 aliphatic carbocycles. The van der Waals surface area contributed by atoms with Gasteiger partial charge in [-0.15, -0.1) is 0 Å². The van der Waals surface area contributed by atoms with E-state index in [1.165, 1.54) is 0 Å². The minimum Gasteiger partial charge on any atom is -0.491 e. The maximum Gasteiger partial charge on any atom is 0.120 e. The predicted octanol–water partition coefficient (Wildman–Crippen LogP) is 3.15. The minimum absolute atomic E-state index is 0.122. The normalized spacial score (nSPS) is 23.9. The Morgan fingerprint density at radius 2 is 1.94 bits per heavy atom. The van der Waals surface area contributed by atoms with Crippen molar-refractivity contribution in [2.75, 3.05) is 13.2 Å². The van der Waals surface area contributed by atoms with Crippen molar-refractivity contribution in [1.82, 2.24) is 0 Å². The molecule has 0 aliphatic heterocycles. The van der Waals surface area contributed by atoms with E-state index in [0.717, 1.165) is 35.9 Å². The number of halogens is 1. The number of aliphatic hydroxyl groups excluding tert-OH is 1. The van der Waals surface area contributed by atoms with E-state index in [1.807, 2.05) is 24.3 Å². The summed E-state index contributed by atoms with van der Waals surface area (Å²) in [5, 5.41) is 9.39. The van der Waals surface area contributed by atoms with Crippen LogP contribution in [0.5, 0.6) is 5.75 Å². The average Bonchev–Trinajstić information content (AvgIpc) is 2.37. The van der Waals surface area contributed by atoms with Crippen LogP contribution in [0.3, 0.4) is 0 Å². The first-order chi connectivity index (χ1) is 8.74. The zero-order valence-electron chi connectivity index (χ0n) is 10.3. The summed E-state index contributed by atoms with van der Waals surface area (Å²) in [7, 11) is 0. The van der Waals surface area contributed by atoms with Crippen molar-refractivity contribution in [3.63, 3.8) is 0 Å². The third-order valence-electron chi connectivity index (χ3n) is 3.15. The Kier molecular flexibility index (Phi) is 5.47. The third kappa shape index (κ3) is 4.59. The largest absolute Gasteiger partial charge is 0.491 e. The average molecular weight is 315 g/mol. The smallest absolute Gasteiger partial charge is 0.120 e. The molecule has 3 nitrogen and oxygen atoms in total. The number of aliphatic hydroxyl groups is 1. The monoisotopic (exact) mass is 314 g/mol. The highest BCUT2D eigenvalue weighted by Crippen LogP contribution is 2.21. The van der Waals surface area contributed by atoms with Crippen molar-refractivity contribution in [2.24, 2.45) is 0 Å². The molecule has 1 fully saturated rings. The van der Waals surface area contributed by atoms with Crippen LogP contribution >= 0.6 is 15.9 Å². The Morgan fingerprint density at radius 1 is 1.17 bits per heavy atom. The molecule has 0 atom stereocenters. The lowest BCUT2D eigenvalue weighted by Gasteiger charge is -2.25. The second kappa shape index (κ2) is 7.12. The minimum atomic E-state index is -0.122. The molecule has 0 aromatic heterocycles. The van der Waals surface area contributed by atoms with Gasteiger partial charge in [0, 0.05) is 4.47 Å². The lowest BCUT2D eigenvalue weighted by molar-refractivity contribution is -0.0130. The SMILES string of the molecule is OC1CCC(OCCOc2cccc(Br)c2)CC1. The number of hydrogen-bond donors (Lipinski definition) is 1. The Morgan fingerprint density at radius 3 is 2.67 bits per heavy atom. The topological polar surface area (TPSA) is 38.7 Å². The first-order valence-electron chi connectivity index (χ1n) is 6.42. The van der Waals surface area contributed by atoms with E-state index in [9.17, 15) is 5.11 Å². The summed E-state index contributed by atoms with van der Waals surface area (Å²) in [6.45, 7) is 1.17. The highest BCUT2D eigenvalue weighted by molar-refractivity contribution is 9.10. The van der Waals surface area contributed by atoms with Crippen LogP contribution in [-0.2, 0) is 4.74 Å². The van der Waals surface area contributed by atoms with Crippen LogP contribution in [0.2, 0.25) is 0 Å². The van der Waals surface area contributed by atoms with Gasteiger partial charge in [0.2, 0.25) is 0 Å². The summed E-state index contributed by atoms with van der Waals surface area (Å²) in [5.41, 5.74) is 0. The lowest BCUT2D eigenvalue weighted by Crippen LogP contribution is -2.25. The van der Waals surface area contributed by atoms with Gasteiger partial charge in [0.1, 0.15) is 12.4 Å². The molecule has 100 valence electrons. The standard InChI is InChI=1S/C14H19BrO3/c15-11-2-1-3-14(10-11)18-9-8-17-13-6-4-12(16)5-7-13/h1-3,10,12-13,16H,4-9H2. The van der Waals surface area contributed by atoms with Gasteiger partial charge in [-0.25, -0.2) is 0 Å². The second-order valence-electron chi connectivity index (χ2n) is 4.61. The molecule has 0 amide bonds. The molecule has 1 aromatic rings. The Hall–Kier alpha value is -0.580. The molecule has 1 saturated carbocycles. The molecule has 0 spiro atoms. The van der Waals surface area contributed by atoms with Crippen molar-refractivity contribution in [1.29, 1.82) is 0 Å². The summed E-state index contributed by atoms with van der Waals surface area (Å²) in [6, 6.07) is 7.79. The predicted molar refractivity (Wildman–Crippen MR) is 73.9 cm³/mol. The van der Waals surface area contributed by atoms with Gasteiger partial charge >= 0.3 is 0 Å². The van der Waals surface area contributed by atoms with E-state index in [-0.39, 0.29) is 6.10 Å². The summed E-state index contributed by atoms with van der Waals surface area (Å²) >= 11 is 3.40. The van der Waals surface area contributed by atoms with Crippen LogP contribution in [0.4, 0.5) is 0 Å². The molecule has 0 unspecified atom stereocenters. The van der Waals surface area contributed by atoms with Crippen molar-refractivity contribution >= 4 is 15.9 Å². The third-order valence-corrected chi connectivity index (χ3v) is 3.64. The van der Waals surface area contributed by atoms with Crippen LogP contribution in [-0.4, -0.2) is 30.5 Å². The quantitative estimate of drug-likeness (QED) is 0.849. The summed E-state index contributed by atoms with van der Waals surface area (Å²) in [6.07, 6.45) is 3.80. The van der Waals surface area contributed by atoms with E-state index in [4.69, 9.17) is 9.47 Å². The fraction of sp³-hybridized carbons (Fsp3) is 0.571.